The van der Waals surface area contributed by atoms with Gasteiger partial charge in [0.15, 0.2) is 18.2 Å². The number of pyridine rings is 1. The fourth-order valence-electron chi connectivity index (χ4n) is 3.15. The SMILES string of the molecule is Cc1cc(=O)c2ccccc2n1CC(=O)N(Cc1cocn1)Cc1cocn1. The molecule has 142 valence electrons. The van der Waals surface area contributed by atoms with E-state index in [1.54, 1.807) is 17.0 Å². The van der Waals surface area contributed by atoms with Gasteiger partial charge in [0.05, 0.1) is 30.0 Å². The molecule has 0 unspecified atom stereocenters. The Morgan fingerprint density at radius 1 is 1.07 bits per heavy atom. The second kappa shape index (κ2) is 7.51. The summed E-state index contributed by atoms with van der Waals surface area (Å²) in [5, 5.41) is 0.584. The average molecular weight is 378 g/mol. The summed E-state index contributed by atoms with van der Waals surface area (Å²) in [4.78, 5) is 35.2. The molecule has 4 aromatic rings. The fourth-order valence-corrected chi connectivity index (χ4v) is 3.15. The molecule has 3 aromatic heterocycles. The van der Waals surface area contributed by atoms with Crippen LogP contribution in [0.15, 0.2) is 69.3 Å². The third kappa shape index (κ3) is 3.57. The van der Waals surface area contributed by atoms with Gasteiger partial charge in [0, 0.05) is 17.1 Å². The van der Waals surface area contributed by atoms with Gasteiger partial charge in [-0.05, 0) is 19.1 Å². The Bertz CT molecular complexity index is 1110. The van der Waals surface area contributed by atoms with E-state index in [0.717, 1.165) is 11.2 Å². The van der Waals surface area contributed by atoms with Crippen LogP contribution in [0.4, 0.5) is 0 Å². The van der Waals surface area contributed by atoms with E-state index < -0.39 is 0 Å². The molecule has 0 aliphatic rings. The van der Waals surface area contributed by atoms with Crippen LogP contribution in [0, 0.1) is 6.92 Å². The zero-order valence-electron chi connectivity index (χ0n) is 15.2. The van der Waals surface area contributed by atoms with Crippen LogP contribution in [0.25, 0.3) is 10.9 Å². The Morgan fingerprint density at radius 2 is 1.71 bits per heavy atom. The first-order valence-corrected chi connectivity index (χ1v) is 8.73. The lowest BCUT2D eigenvalue weighted by atomic mass is 10.2. The topological polar surface area (TPSA) is 94.4 Å². The Hall–Kier alpha value is -3.68. The minimum atomic E-state index is -0.136. The molecular formula is C20H18N4O4. The largest absolute Gasteiger partial charge is 0.451 e. The molecule has 8 nitrogen and oxygen atoms in total. The van der Waals surface area contributed by atoms with E-state index >= 15 is 0 Å². The third-order valence-electron chi connectivity index (χ3n) is 4.54. The zero-order valence-corrected chi connectivity index (χ0v) is 15.2. The maximum absolute atomic E-state index is 13.2. The highest BCUT2D eigenvalue weighted by Gasteiger charge is 2.19. The summed E-state index contributed by atoms with van der Waals surface area (Å²) in [6.45, 7) is 2.46. The number of rotatable bonds is 6. The minimum Gasteiger partial charge on any atom is -0.451 e. The van der Waals surface area contributed by atoms with Crippen molar-refractivity contribution in [2.45, 2.75) is 26.6 Å². The number of hydrogen-bond acceptors (Lipinski definition) is 6. The highest BCUT2D eigenvalue weighted by molar-refractivity contribution is 5.82. The van der Waals surface area contributed by atoms with Crippen LogP contribution in [-0.2, 0) is 24.4 Å². The first-order chi connectivity index (χ1) is 13.6. The van der Waals surface area contributed by atoms with Gasteiger partial charge < -0.3 is 18.3 Å². The van der Waals surface area contributed by atoms with Crippen molar-refractivity contribution in [3.8, 4) is 0 Å². The second-order valence-corrected chi connectivity index (χ2v) is 6.46. The molecule has 0 saturated heterocycles. The Labute approximate surface area is 160 Å². The molecule has 0 radical (unpaired) electrons. The van der Waals surface area contributed by atoms with Crippen LogP contribution in [0.1, 0.15) is 17.1 Å². The minimum absolute atomic E-state index is 0.0566. The van der Waals surface area contributed by atoms with Gasteiger partial charge in [-0.2, -0.15) is 0 Å². The van der Waals surface area contributed by atoms with E-state index in [0.29, 0.717) is 16.8 Å². The van der Waals surface area contributed by atoms with Gasteiger partial charge in [0.2, 0.25) is 5.91 Å². The van der Waals surface area contributed by atoms with Crippen molar-refractivity contribution in [2.75, 3.05) is 0 Å². The van der Waals surface area contributed by atoms with Crippen LogP contribution < -0.4 is 5.43 Å². The third-order valence-corrected chi connectivity index (χ3v) is 4.54. The van der Waals surface area contributed by atoms with Gasteiger partial charge in [-0.15, -0.1) is 0 Å². The second-order valence-electron chi connectivity index (χ2n) is 6.46. The summed E-state index contributed by atoms with van der Waals surface area (Å²) >= 11 is 0. The molecule has 0 spiro atoms. The maximum Gasteiger partial charge on any atom is 0.243 e. The Kier molecular flexibility index (Phi) is 4.76. The quantitative estimate of drug-likeness (QED) is 0.512. The number of aryl methyl sites for hydroxylation is 1. The van der Waals surface area contributed by atoms with Crippen molar-refractivity contribution in [3.05, 3.63) is 83.0 Å². The summed E-state index contributed by atoms with van der Waals surface area (Å²) in [7, 11) is 0. The predicted octanol–water partition coefficient (Wildman–Crippen LogP) is 2.51. The molecule has 3 heterocycles. The molecule has 1 aromatic carbocycles. The van der Waals surface area contributed by atoms with Gasteiger partial charge in [-0.3, -0.25) is 9.59 Å². The van der Waals surface area contributed by atoms with Crippen LogP contribution in [0.5, 0.6) is 0 Å². The van der Waals surface area contributed by atoms with E-state index in [1.165, 1.54) is 25.3 Å². The Morgan fingerprint density at radius 3 is 2.32 bits per heavy atom. The van der Waals surface area contributed by atoms with E-state index in [4.69, 9.17) is 8.83 Å². The summed E-state index contributed by atoms with van der Waals surface area (Å²) in [6.07, 6.45) is 5.66. The molecule has 28 heavy (non-hydrogen) atoms. The number of fused-ring (bicyclic) bond motifs is 1. The highest BCUT2D eigenvalue weighted by atomic mass is 16.3. The molecule has 0 bridgehead atoms. The normalized spacial score (nSPS) is 11.0. The van der Waals surface area contributed by atoms with Crippen LogP contribution in [0.2, 0.25) is 0 Å². The number of aromatic nitrogens is 3. The molecule has 0 atom stereocenters. The van der Waals surface area contributed by atoms with Gasteiger partial charge >= 0.3 is 0 Å². The molecule has 0 aliphatic heterocycles. The summed E-state index contributed by atoms with van der Waals surface area (Å²) in [5.74, 6) is -0.136. The van der Waals surface area contributed by atoms with E-state index in [9.17, 15) is 9.59 Å². The maximum atomic E-state index is 13.2. The number of carbonyl (C=O) groups is 1. The fraction of sp³-hybridized carbons (Fsp3) is 0.200. The number of hydrogen-bond donors (Lipinski definition) is 0. The van der Waals surface area contributed by atoms with Crippen molar-refractivity contribution >= 4 is 16.8 Å². The lowest BCUT2D eigenvalue weighted by Gasteiger charge is -2.23. The van der Waals surface area contributed by atoms with Crippen molar-refractivity contribution < 1.29 is 13.6 Å². The molecule has 1 amide bonds. The zero-order chi connectivity index (χ0) is 19.5. The Balaban J connectivity index is 1.66. The lowest BCUT2D eigenvalue weighted by Crippen LogP contribution is -2.34. The van der Waals surface area contributed by atoms with Gasteiger partial charge in [0.1, 0.15) is 19.1 Å². The summed E-state index contributed by atoms with van der Waals surface area (Å²) < 4.78 is 11.9. The first kappa shape index (κ1) is 17.7. The molecule has 0 saturated carbocycles. The van der Waals surface area contributed by atoms with Crippen molar-refractivity contribution in [1.29, 1.82) is 0 Å². The van der Waals surface area contributed by atoms with Crippen LogP contribution >= 0.6 is 0 Å². The van der Waals surface area contributed by atoms with Crippen LogP contribution in [0.3, 0.4) is 0 Å². The number of nitrogens with zero attached hydrogens (tertiary/aromatic N) is 4. The molecule has 0 fully saturated rings. The van der Waals surface area contributed by atoms with Crippen molar-refractivity contribution in [1.82, 2.24) is 19.4 Å². The van der Waals surface area contributed by atoms with E-state index in [1.807, 2.05) is 29.7 Å². The average Bonchev–Trinajstić information content (AvgIpc) is 3.38. The van der Waals surface area contributed by atoms with E-state index in [-0.39, 0.29) is 31.0 Å². The number of para-hydroxylation sites is 1. The standard InChI is InChI=1S/C20H18N4O4/c1-14-6-19(25)17-4-2-3-5-18(17)24(14)9-20(26)23(7-15-10-27-12-21-15)8-16-11-28-13-22-16/h2-6,10-13H,7-9H2,1H3. The molecule has 4 rings (SSSR count). The monoisotopic (exact) mass is 378 g/mol. The predicted molar refractivity (Wildman–Crippen MR) is 100 cm³/mol. The van der Waals surface area contributed by atoms with Crippen molar-refractivity contribution in [2.24, 2.45) is 0 Å². The van der Waals surface area contributed by atoms with Gasteiger partial charge in [-0.25, -0.2) is 9.97 Å². The highest BCUT2D eigenvalue weighted by Crippen LogP contribution is 2.15. The van der Waals surface area contributed by atoms with Crippen LogP contribution in [-0.4, -0.2) is 25.3 Å². The van der Waals surface area contributed by atoms with E-state index in [2.05, 4.69) is 9.97 Å². The molecule has 0 aliphatic carbocycles. The van der Waals surface area contributed by atoms with Gasteiger partial charge in [0.25, 0.3) is 0 Å². The number of amides is 1. The number of benzene rings is 1. The lowest BCUT2D eigenvalue weighted by molar-refractivity contribution is -0.133. The van der Waals surface area contributed by atoms with Crippen molar-refractivity contribution in [3.63, 3.8) is 0 Å². The smallest absolute Gasteiger partial charge is 0.243 e. The molecular weight excluding hydrogens is 360 g/mol. The summed E-state index contributed by atoms with van der Waals surface area (Å²) in [5.41, 5.74) is 2.67. The number of carbonyl (C=O) groups excluding carboxylic acids is 1. The van der Waals surface area contributed by atoms with Gasteiger partial charge in [-0.1, -0.05) is 12.1 Å². The molecule has 0 N–H and O–H groups in total. The summed E-state index contributed by atoms with van der Waals surface area (Å²) in [6, 6.07) is 8.82. The molecule has 8 heteroatoms. The first-order valence-electron chi connectivity index (χ1n) is 8.73. The number of oxazole rings is 2.